The number of aromatic hydroxyl groups is 1. The SMILES string of the molecule is CNCc1cccc(NC(=O)Cc2ccccc2O)c1. The van der Waals surface area contributed by atoms with E-state index in [1.807, 2.05) is 31.3 Å². The van der Waals surface area contributed by atoms with E-state index in [-0.39, 0.29) is 18.1 Å². The van der Waals surface area contributed by atoms with E-state index in [0.717, 1.165) is 17.8 Å². The van der Waals surface area contributed by atoms with Crippen LogP contribution in [0.25, 0.3) is 0 Å². The molecule has 1 amide bonds. The molecule has 0 aliphatic heterocycles. The van der Waals surface area contributed by atoms with E-state index >= 15 is 0 Å². The summed E-state index contributed by atoms with van der Waals surface area (Å²) < 4.78 is 0. The first kappa shape index (κ1) is 14.1. The summed E-state index contributed by atoms with van der Waals surface area (Å²) >= 11 is 0. The van der Waals surface area contributed by atoms with Crippen molar-refractivity contribution in [3.05, 3.63) is 59.7 Å². The Labute approximate surface area is 118 Å². The maximum Gasteiger partial charge on any atom is 0.228 e. The molecular weight excluding hydrogens is 252 g/mol. The molecule has 0 atom stereocenters. The highest BCUT2D eigenvalue weighted by molar-refractivity contribution is 5.92. The van der Waals surface area contributed by atoms with Crippen LogP contribution < -0.4 is 10.6 Å². The van der Waals surface area contributed by atoms with Gasteiger partial charge in [0.25, 0.3) is 0 Å². The number of carbonyl (C=O) groups is 1. The van der Waals surface area contributed by atoms with Gasteiger partial charge in [-0.05, 0) is 30.8 Å². The van der Waals surface area contributed by atoms with Gasteiger partial charge in [-0.2, -0.15) is 0 Å². The van der Waals surface area contributed by atoms with Crippen molar-refractivity contribution in [3.63, 3.8) is 0 Å². The Morgan fingerprint density at radius 1 is 1.15 bits per heavy atom. The van der Waals surface area contributed by atoms with E-state index in [0.29, 0.717) is 5.56 Å². The zero-order valence-corrected chi connectivity index (χ0v) is 11.4. The first-order chi connectivity index (χ1) is 9.69. The average molecular weight is 270 g/mol. The number of phenolic OH excluding ortho intramolecular Hbond substituents is 1. The lowest BCUT2D eigenvalue weighted by Crippen LogP contribution is -2.15. The molecule has 2 aromatic rings. The number of nitrogens with one attached hydrogen (secondary N) is 2. The van der Waals surface area contributed by atoms with Gasteiger partial charge in [-0.1, -0.05) is 30.3 Å². The van der Waals surface area contributed by atoms with Gasteiger partial charge in [-0.15, -0.1) is 0 Å². The molecule has 0 heterocycles. The summed E-state index contributed by atoms with van der Waals surface area (Å²) in [4.78, 5) is 12.0. The summed E-state index contributed by atoms with van der Waals surface area (Å²) in [5.41, 5.74) is 2.49. The van der Waals surface area contributed by atoms with Crippen molar-refractivity contribution in [3.8, 4) is 5.75 Å². The molecule has 3 N–H and O–H groups in total. The lowest BCUT2D eigenvalue weighted by atomic mass is 10.1. The second-order valence-corrected chi connectivity index (χ2v) is 4.58. The number of para-hydroxylation sites is 1. The molecule has 0 aliphatic rings. The number of anilines is 1. The third-order valence-electron chi connectivity index (χ3n) is 2.93. The van der Waals surface area contributed by atoms with Gasteiger partial charge < -0.3 is 15.7 Å². The monoisotopic (exact) mass is 270 g/mol. The summed E-state index contributed by atoms with van der Waals surface area (Å²) in [6.07, 6.45) is 0.156. The van der Waals surface area contributed by atoms with Crippen molar-refractivity contribution >= 4 is 11.6 Å². The molecule has 0 saturated heterocycles. The quantitative estimate of drug-likeness (QED) is 0.781. The predicted molar refractivity (Wildman–Crippen MR) is 79.6 cm³/mol. The maximum atomic E-state index is 12.0. The average Bonchev–Trinajstić information content (AvgIpc) is 2.42. The van der Waals surface area contributed by atoms with E-state index in [9.17, 15) is 9.90 Å². The van der Waals surface area contributed by atoms with Crippen molar-refractivity contribution in [2.24, 2.45) is 0 Å². The number of amides is 1. The van der Waals surface area contributed by atoms with E-state index < -0.39 is 0 Å². The van der Waals surface area contributed by atoms with Gasteiger partial charge in [-0.25, -0.2) is 0 Å². The molecule has 2 rings (SSSR count). The highest BCUT2D eigenvalue weighted by Crippen LogP contribution is 2.17. The van der Waals surface area contributed by atoms with Gasteiger partial charge in [0.05, 0.1) is 6.42 Å². The van der Waals surface area contributed by atoms with E-state index in [1.165, 1.54) is 0 Å². The molecule has 0 saturated carbocycles. The van der Waals surface area contributed by atoms with Gasteiger partial charge in [0.2, 0.25) is 5.91 Å². The van der Waals surface area contributed by atoms with Crippen LogP contribution >= 0.6 is 0 Å². The van der Waals surface area contributed by atoms with Crippen LogP contribution in [0.15, 0.2) is 48.5 Å². The highest BCUT2D eigenvalue weighted by atomic mass is 16.3. The zero-order valence-electron chi connectivity index (χ0n) is 11.4. The second-order valence-electron chi connectivity index (χ2n) is 4.58. The van der Waals surface area contributed by atoms with Gasteiger partial charge in [0.1, 0.15) is 5.75 Å². The molecule has 4 heteroatoms. The third kappa shape index (κ3) is 3.83. The Kier molecular flexibility index (Phi) is 4.74. The van der Waals surface area contributed by atoms with Gasteiger partial charge in [0, 0.05) is 17.8 Å². The van der Waals surface area contributed by atoms with E-state index in [4.69, 9.17) is 0 Å². The van der Waals surface area contributed by atoms with Crippen LogP contribution in [0.2, 0.25) is 0 Å². The number of carbonyl (C=O) groups excluding carboxylic acids is 1. The fraction of sp³-hybridized carbons (Fsp3) is 0.188. The number of phenols is 1. The van der Waals surface area contributed by atoms with Crippen molar-refractivity contribution in [2.45, 2.75) is 13.0 Å². The number of hydrogen-bond acceptors (Lipinski definition) is 3. The second kappa shape index (κ2) is 6.73. The number of rotatable bonds is 5. The molecule has 4 nitrogen and oxygen atoms in total. The Balaban J connectivity index is 2.01. The molecule has 0 spiro atoms. The topological polar surface area (TPSA) is 61.4 Å². The van der Waals surface area contributed by atoms with Crippen LogP contribution in [-0.4, -0.2) is 18.1 Å². The van der Waals surface area contributed by atoms with Crippen molar-refractivity contribution in [2.75, 3.05) is 12.4 Å². The van der Waals surface area contributed by atoms with Gasteiger partial charge in [0.15, 0.2) is 0 Å². The summed E-state index contributed by atoms with van der Waals surface area (Å²) in [5, 5.41) is 15.6. The molecule has 104 valence electrons. The normalized spacial score (nSPS) is 10.2. The van der Waals surface area contributed by atoms with Crippen LogP contribution in [0.5, 0.6) is 5.75 Å². The number of benzene rings is 2. The van der Waals surface area contributed by atoms with Crippen LogP contribution in [0, 0.1) is 0 Å². The van der Waals surface area contributed by atoms with Crippen LogP contribution in [0.3, 0.4) is 0 Å². The molecule has 0 aliphatic carbocycles. The lowest BCUT2D eigenvalue weighted by Gasteiger charge is -2.08. The van der Waals surface area contributed by atoms with Crippen molar-refractivity contribution in [1.82, 2.24) is 5.32 Å². The summed E-state index contributed by atoms with van der Waals surface area (Å²) in [7, 11) is 1.88. The lowest BCUT2D eigenvalue weighted by molar-refractivity contribution is -0.115. The highest BCUT2D eigenvalue weighted by Gasteiger charge is 2.07. The first-order valence-electron chi connectivity index (χ1n) is 6.49. The predicted octanol–water partition coefficient (Wildman–Crippen LogP) is 2.29. The van der Waals surface area contributed by atoms with E-state index in [2.05, 4.69) is 10.6 Å². The molecule has 20 heavy (non-hydrogen) atoms. The molecule has 0 radical (unpaired) electrons. The van der Waals surface area contributed by atoms with Crippen molar-refractivity contribution in [1.29, 1.82) is 0 Å². The van der Waals surface area contributed by atoms with Gasteiger partial charge in [-0.3, -0.25) is 4.79 Å². The van der Waals surface area contributed by atoms with Crippen molar-refractivity contribution < 1.29 is 9.90 Å². The largest absolute Gasteiger partial charge is 0.508 e. The fourth-order valence-corrected chi connectivity index (χ4v) is 2.00. The maximum absolute atomic E-state index is 12.0. The van der Waals surface area contributed by atoms with Crippen LogP contribution in [0.1, 0.15) is 11.1 Å². The Hall–Kier alpha value is -2.33. The standard InChI is InChI=1S/C16H18N2O2/c1-17-11-12-5-4-7-14(9-12)18-16(20)10-13-6-2-3-8-15(13)19/h2-9,17,19H,10-11H2,1H3,(H,18,20). The van der Waals surface area contributed by atoms with Gasteiger partial charge >= 0.3 is 0 Å². The third-order valence-corrected chi connectivity index (χ3v) is 2.93. The fourth-order valence-electron chi connectivity index (χ4n) is 2.00. The zero-order chi connectivity index (χ0) is 14.4. The Morgan fingerprint density at radius 3 is 2.70 bits per heavy atom. The summed E-state index contributed by atoms with van der Waals surface area (Å²) in [6, 6.07) is 14.5. The van der Waals surface area contributed by atoms with Crippen LogP contribution in [-0.2, 0) is 17.8 Å². The molecule has 0 fully saturated rings. The summed E-state index contributed by atoms with van der Waals surface area (Å²) in [5.74, 6) is -0.000286. The Bertz CT molecular complexity index is 597. The molecule has 0 unspecified atom stereocenters. The minimum atomic E-state index is -0.145. The smallest absolute Gasteiger partial charge is 0.228 e. The molecule has 2 aromatic carbocycles. The van der Waals surface area contributed by atoms with Crippen LogP contribution in [0.4, 0.5) is 5.69 Å². The summed E-state index contributed by atoms with van der Waals surface area (Å²) in [6.45, 7) is 0.753. The van der Waals surface area contributed by atoms with E-state index in [1.54, 1.807) is 24.3 Å². The molecule has 0 aromatic heterocycles. The molecular formula is C16H18N2O2. The minimum Gasteiger partial charge on any atom is -0.508 e. The Morgan fingerprint density at radius 2 is 1.95 bits per heavy atom. The first-order valence-corrected chi connectivity index (χ1v) is 6.49. The number of hydrogen-bond donors (Lipinski definition) is 3. The minimum absolute atomic E-state index is 0.145. The molecule has 0 bridgehead atoms.